The predicted molar refractivity (Wildman–Crippen MR) is 99.1 cm³/mol. The maximum atomic E-state index is 13.0. The lowest BCUT2D eigenvalue weighted by Crippen LogP contribution is -2.45. The summed E-state index contributed by atoms with van der Waals surface area (Å²) in [4.78, 5) is 20.0. The Kier molecular flexibility index (Phi) is 5.21. The van der Waals surface area contributed by atoms with Gasteiger partial charge in [-0.2, -0.15) is 18.2 Å². The van der Waals surface area contributed by atoms with Crippen LogP contribution in [0.4, 0.5) is 19.2 Å². The summed E-state index contributed by atoms with van der Waals surface area (Å²) in [6.07, 6.45) is -2.22. The molecule has 0 atom stereocenters. The SMILES string of the molecule is O=C(C1CCN(c2nc3ccccc3o2)CC1)N(Cc1ccco1)CC(F)(F)F. The number of aromatic nitrogens is 1. The first-order chi connectivity index (χ1) is 13.9. The Morgan fingerprint density at radius 2 is 1.93 bits per heavy atom. The summed E-state index contributed by atoms with van der Waals surface area (Å²) in [7, 11) is 0. The maximum absolute atomic E-state index is 13.0. The Morgan fingerprint density at radius 1 is 1.17 bits per heavy atom. The molecule has 3 aromatic rings. The number of halogens is 3. The van der Waals surface area contributed by atoms with Crippen LogP contribution in [0.25, 0.3) is 11.1 Å². The fourth-order valence-corrected chi connectivity index (χ4v) is 3.59. The van der Waals surface area contributed by atoms with Gasteiger partial charge in [0.25, 0.3) is 6.01 Å². The van der Waals surface area contributed by atoms with Crippen LogP contribution in [-0.2, 0) is 11.3 Å². The number of furan rings is 1. The summed E-state index contributed by atoms with van der Waals surface area (Å²) in [6.45, 7) is -0.512. The number of carbonyl (C=O) groups excluding carboxylic acids is 1. The monoisotopic (exact) mass is 407 g/mol. The number of oxazole rings is 1. The molecule has 1 fully saturated rings. The highest BCUT2D eigenvalue weighted by molar-refractivity contribution is 5.79. The lowest BCUT2D eigenvalue weighted by Gasteiger charge is -2.33. The summed E-state index contributed by atoms with van der Waals surface area (Å²) < 4.78 is 49.9. The number of benzene rings is 1. The molecule has 0 radical (unpaired) electrons. The summed E-state index contributed by atoms with van der Waals surface area (Å²) in [5.74, 6) is -0.657. The molecule has 0 spiro atoms. The van der Waals surface area contributed by atoms with Crippen molar-refractivity contribution in [2.24, 2.45) is 5.92 Å². The average molecular weight is 407 g/mol. The zero-order valence-corrected chi connectivity index (χ0v) is 15.6. The van der Waals surface area contributed by atoms with Gasteiger partial charge >= 0.3 is 6.18 Å². The first-order valence-electron chi connectivity index (χ1n) is 9.37. The summed E-state index contributed by atoms with van der Waals surface area (Å²) in [5.41, 5.74) is 1.42. The smallest absolute Gasteiger partial charge is 0.406 e. The average Bonchev–Trinajstić information content (AvgIpc) is 3.35. The number of para-hydroxylation sites is 2. The second-order valence-electron chi connectivity index (χ2n) is 7.11. The van der Waals surface area contributed by atoms with E-state index in [-0.39, 0.29) is 6.54 Å². The number of rotatable bonds is 5. The molecule has 0 bridgehead atoms. The van der Waals surface area contributed by atoms with Gasteiger partial charge in [0.1, 0.15) is 17.8 Å². The number of fused-ring (bicyclic) bond motifs is 1. The van der Waals surface area contributed by atoms with Gasteiger partial charge in [0.2, 0.25) is 5.91 Å². The molecule has 0 unspecified atom stereocenters. The molecule has 9 heteroatoms. The van der Waals surface area contributed by atoms with E-state index in [0.29, 0.717) is 43.3 Å². The number of nitrogens with zero attached hydrogens (tertiary/aromatic N) is 3. The summed E-state index contributed by atoms with van der Waals surface area (Å²) in [5, 5.41) is 0. The van der Waals surface area contributed by atoms with Crippen molar-refractivity contribution in [3.8, 4) is 0 Å². The third kappa shape index (κ3) is 4.55. The van der Waals surface area contributed by atoms with Gasteiger partial charge in [-0.05, 0) is 37.1 Å². The van der Waals surface area contributed by atoms with Crippen molar-refractivity contribution >= 4 is 23.0 Å². The molecule has 1 aliphatic heterocycles. The van der Waals surface area contributed by atoms with Crippen molar-refractivity contribution < 1.29 is 26.8 Å². The second kappa shape index (κ2) is 7.81. The summed E-state index contributed by atoms with van der Waals surface area (Å²) in [6, 6.07) is 11.0. The summed E-state index contributed by atoms with van der Waals surface area (Å²) >= 11 is 0. The Balaban J connectivity index is 1.41. The molecule has 1 aliphatic rings. The van der Waals surface area contributed by atoms with Crippen molar-refractivity contribution in [1.29, 1.82) is 0 Å². The highest BCUT2D eigenvalue weighted by Gasteiger charge is 2.37. The van der Waals surface area contributed by atoms with E-state index in [1.807, 2.05) is 29.2 Å². The van der Waals surface area contributed by atoms with Crippen LogP contribution in [0.2, 0.25) is 0 Å². The van der Waals surface area contributed by atoms with Gasteiger partial charge in [-0.3, -0.25) is 4.79 Å². The van der Waals surface area contributed by atoms with E-state index in [1.54, 1.807) is 12.1 Å². The van der Waals surface area contributed by atoms with Crippen LogP contribution in [0.15, 0.2) is 51.5 Å². The minimum atomic E-state index is -4.47. The van der Waals surface area contributed by atoms with Crippen LogP contribution >= 0.6 is 0 Å². The predicted octanol–water partition coefficient (Wildman–Crippen LogP) is 4.23. The van der Waals surface area contributed by atoms with E-state index in [1.165, 1.54) is 6.26 Å². The third-order valence-electron chi connectivity index (χ3n) is 5.01. The highest BCUT2D eigenvalue weighted by Crippen LogP contribution is 2.28. The third-order valence-corrected chi connectivity index (χ3v) is 5.01. The van der Waals surface area contributed by atoms with E-state index in [4.69, 9.17) is 8.83 Å². The van der Waals surface area contributed by atoms with Gasteiger partial charge in [-0.15, -0.1) is 0 Å². The van der Waals surface area contributed by atoms with E-state index in [2.05, 4.69) is 4.98 Å². The first-order valence-corrected chi connectivity index (χ1v) is 9.37. The number of carbonyl (C=O) groups is 1. The number of hydrogen-bond donors (Lipinski definition) is 0. The Bertz CT molecular complexity index is 927. The zero-order valence-electron chi connectivity index (χ0n) is 15.6. The van der Waals surface area contributed by atoms with Crippen LogP contribution < -0.4 is 4.90 Å². The lowest BCUT2D eigenvalue weighted by atomic mass is 9.95. The van der Waals surface area contributed by atoms with Crippen molar-refractivity contribution in [1.82, 2.24) is 9.88 Å². The largest absolute Gasteiger partial charge is 0.467 e. The van der Waals surface area contributed by atoms with Crippen LogP contribution in [0.5, 0.6) is 0 Å². The fraction of sp³-hybridized carbons (Fsp3) is 0.400. The standard InChI is InChI=1S/C20H20F3N3O3/c21-20(22,23)13-26(12-15-4-3-11-28-15)18(27)14-7-9-25(10-8-14)19-24-16-5-1-2-6-17(16)29-19/h1-6,11,14H,7-10,12-13H2. The molecule has 0 aliphatic carbocycles. The maximum Gasteiger partial charge on any atom is 0.406 e. The van der Waals surface area contributed by atoms with E-state index in [0.717, 1.165) is 10.4 Å². The number of piperidine rings is 1. The van der Waals surface area contributed by atoms with Gasteiger partial charge in [0.05, 0.1) is 12.8 Å². The van der Waals surface area contributed by atoms with Crippen LogP contribution in [0, 0.1) is 5.92 Å². The van der Waals surface area contributed by atoms with Crippen molar-refractivity contribution in [2.75, 3.05) is 24.5 Å². The molecular weight excluding hydrogens is 387 g/mol. The van der Waals surface area contributed by atoms with Crippen molar-refractivity contribution in [3.63, 3.8) is 0 Å². The number of alkyl halides is 3. The molecule has 154 valence electrons. The normalized spacial score (nSPS) is 15.8. The fourth-order valence-electron chi connectivity index (χ4n) is 3.59. The Morgan fingerprint density at radius 3 is 2.59 bits per heavy atom. The van der Waals surface area contributed by atoms with Gasteiger partial charge in [0, 0.05) is 19.0 Å². The van der Waals surface area contributed by atoms with Crippen LogP contribution in [0.1, 0.15) is 18.6 Å². The van der Waals surface area contributed by atoms with E-state index in [9.17, 15) is 18.0 Å². The molecule has 0 saturated carbocycles. The molecular formula is C20H20F3N3O3. The number of anilines is 1. The molecule has 4 rings (SSSR count). The quantitative estimate of drug-likeness (QED) is 0.634. The number of hydrogen-bond acceptors (Lipinski definition) is 5. The van der Waals surface area contributed by atoms with Gasteiger partial charge in [-0.25, -0.2) is 0 Å². The Labute approximate surface area is 164 Å². The van der Waals surface area contributed by atoms with Gasteiger partial charge < -0.3 is 18.6 Å². The molecule has 29 heavy (non-hydrogen) atoms. The molecule has 3 heterocycles. The zero-order chi connectivity index (χ0) is 20.4. The minimum Gasteiger partial charge on any atom is -0.467 e. The van der Waals surface area contributed by atoms with Gasteiger partial charge in [0.15, 0.2) is 5.58 Å². The second-order valence-corrected chi connectivity index (χ2v) is 7.11. The minimum absolute atomic E-state index is 0.198. The lowest BCUT2D eigenvalue weighted by molar-refractivity contribution is -0.165. The Hall–Kier alpha value is -2.97. The van der Waals surface area contributed by atoms with Crippen LogP contribution in [0.3, 0.4) is 0 Å². The van der Waals surface area contributed by atoms with Crippen molar-refractivity contribution in [2.45, 2.75) is 25.6 Å². The van der Waals surface area contributed by atoms with E-state index < -0.39 is 24.5 Å². The molecule has 1 aromatic carbocycles. The molecule has 1 saturated heterocycles. The molecule has 2 aromatic heterocycles. The van der Waals surface area contributed by atoms with E-state index >= 15 is 0 Å². The first kappa shape index (κ1) is 19.4. The van der Waals surface area contributed by atoms with Crippen molar-refractivity contribution in [3.05, 3.63) is 48.4 Å². The molecule has 1 amide bonds. The highest BCUT2D eigenvalue weighted by atomic mass is 19.4. The van der Waals surface area contributed by atoms with Crippen LogP contribution in [-0.4, -0.2) is 41.6 Å². The molecule has 0 N–H and O–H groups in total. The molecule has 6 nitrogen and oxygen atoms in total. The topological polar surface area (TPSA) is 62.7 Å². The van der Waals surface area contributed by atoms with Gasteiger partial charge in [-0.1, -0.05) is 12.1 Å². The number of amides is 1.